The molecule has 3 rings (SSSR count). The second-order valence-electron chi connectivity index (χ2n) is 6.12. The van der Waals surface area contributed by atoms with E-state index in [2.05, 4.69) is 15.5 Å². The van der Waals surface area contributed by atoms with E-state index in [1.165, 1.54) is 0 Å². The van der Waals surface area contributed by atoms with Gasteiger partial charge in [0.05, 0.1) is 20.8 Å². The Bertz CT molecular complexity index is 924. The molecule has 0 saturated carbocycles. The molecule has 29 heavy (non-hydrogen) atoms. The number of nitrogens with zero attached hydrogens (tertiary/aromatic N) is 2. The molecule has 1 amide bonds. The number of hydrogen-bond donors (Lipinski definition) is 1. The van der Waals surface area contributed by atoms with Gasteiger partial charge in [-0.3, -0.25) is 4.79 Å². The molecule has 3 aromatic rings. The fraction of sp³-hybridized carbons (Fsp3) is 0.286. The van der Waals surface area contributed by atoms with E-state index in [0.29, 0.717) is 37.0 Å². The van der Waals surface area contributed by atoms with Crippen LogP contribution in [0.5, 0.6) is 17.2 Å². The van der Waals surface area contributed by atoms with Crippen LogP contribution >= 0.6 is 0 Å². The van der Waals surface area contributed by atoms with E-state index < -0.39 is 0 Å². The maximum atomic E-state index is 12.0. The van der Waals surface area contributed by atoms with E-state index in [1.807, 2.05) is 48.5 Å². The fourth-order valence-electron chi connectivity index (χ4n) is 2.58. The number of carbonyl (C=O) groups excluding carboxylic acids is 1. The lowest BCUT2D eigenvalue weighted by Gasteiger charge is -2.08. The summed E-state index contributed by atoms with van der Waals surface area (Å²) in [6, 6.07) is 14.7. The summed E-state index contributed by atoms with van der Waals surface area (Å²) in [5.41, 5.74) is 0.791. The molecule has 0 fully saturated rings. The third-order valence-corrected chi connectivity index (χ3v) is 4.11. The molecule has 2 aromatic carbocycles. The molecule has 0 radical (unpaired) electrons. The van der Waals surface area contributed by atoms with E-state index in [1.54, 1.807) is 14.2 Å². The second kappa shape index (κ2) is 10.1. The molecule has 0 saturated heterocycles. The van der Waals surface area contributed by atoms with Gasteiger partial charge in [-0.15, -0.1) is 0 Å². The van der Waals surface area contributed by atoms with Crippen molar-refractivity contribution in [3.8, 4) is 28.6 Å². The zero-order valence-electron chi connectivity index (χ0n) is 16.4. The monoisotopic (exact) mass is 397 g/mol. The number of aromatic nitrogens is 2. The Kier molecular flexibility index (Phi) is 7.05. The molecule has 0 aliphatic rings. The van der Waals surface area contributed by atoms with Gasteiger partial charge in [-0.25, -0.2) is 0 Å². The average Bonchev–Trinajstić information content (AvgIpc) is 3.25. The highest BCUT2D eigenvalue weighted by molar-refractivity contribution is 5.76. The van der Waals surface area contributed by atoms with Crippen LogP contribution in [0.3, 0.4) is 0 Å². The summed E-state index contributed by atoms with van der Waals surface area (Å²) in [4.78, 5) is 16.3. The topological polar surface area (TPSA) is 95.7 Å². The summed E-state index contributed by atoms with van der Waals surface area (Å²) < 4.78 is 21.1. The SMILES string of the molecule is COc1ccc(OCCNC(=O)CCc2nc(-c3cccc(OC)c3)no2)cc1. The lowest BCUT2D eigenvalue weighted by Crippen LogP contribution is -2.28. The van der Waals surface area contributed by atoms with Crippen molar-refractivity contribution in [1.29, 1.82) is 0 Å². The molecule has 0 unspecified atom stereocenters. The van der Waals surface area contributed by atoms with Gasteiger partial charge < -0.3 is 24.1 Å². The molecular weight excluding hydrogens is 374 g/mol. The first-order valence-electron chi connectivity index (χ1n) is 9.18. The number of nitrogens with one attached hydrogen (secondary N) is 1. The average molecular weight is 397 g/mol. The predicted molar refractivity (Wildman–Crippen MR) is 106 cm³/mol. The molecule has 1 aromatic heterocycles. The molecule has 0 atom stereocenters. The van der Waals surface area contributed by atoms with Gasteiger partial charge in [0.2, 0.25) is 17.6 Å². The molecule has 1 heterocycles. The fourth-order valence-corrected chi connectivity index (χ4v) is 2.58. The Morgan fingerprint density at radius 3 is 2.55 bits per heavy atom. The van der Waals surface area contributed by atoms with Gasteiger partial charge in [0, 0.05) is 18.4 Å². The highest BCUT2D eigenvalue weighted by atomic mass is 16.5. The number of aryl methyl sites for hydroxylation is 1. The molecule has 8 nitrogen and oxygen atoms in total. The number of hydrogen-bond acceptors (Lipinski definition) is 7. The number of ether oxygens (including phenoxy) is 3. The van der Waals surface area contributed by atoms with E-state index in [0.717, 1.165) is 17.1 Å². The third kappa shape index (κ3) is 5.97. The number of rotatable bonds is 10. The van der Waals surface area contributed by atoms with Gasteiger partial charge in [0.25, 0.3) is 0 Å². The van der Waals surface area contributed by atoms with Crippen molar-refractivity contribution in [1.82, 2.24) is 15.5 Å². The summed E-state index contributed by atoms with van der Waals surface area (Å²) >= 11 is 0. The predicted octanol–water partition coefficient (Wildman–Crippen LogP) is 2.88. The second-order valence-corrected chi connectivity index (χ2v) is 6.12. The van der Waals surface area contributed by atoms with Crippen molar-refractivity contribution >= 4 is 5.91 Å². The number of methoxy groups -OCH3 is 2. The highest BCUT2D eigenvalue weighted by Gasteiger charge is 2.11. The van der Waals surface area contributed by atoms with Crippen LogP contribution in [0.4, 0.5) is 0 Å². The van der Waals surface area contributed by atoms with Gasteiger partial charge in [-0.1, -0.05) is 17.3 Å². The first kappa shape index (κ1) is 20.2. The van der Waals surface area contributed by atoms with Crippen LogP contribution < -0.4 is 19.5 Å². The highest BCUT2D eigenvalue weighted by Crippen LogP contribution is 2.21. The Morgan fingerprint density at radius 1 is 1.03 bits per heavy atom. The van der Waals surface area contributed by atoms with Crippen LogP contribution in [-0.2, 0) is 11.2 Å². The minimum absolute atomic E-state index is 0.107. The molecule has 152 valence electrons. The van der Waals surface area contributed by atoms with Gasteiger partial charge in [-0.05, 0) is 36.4 Å². The third-order valence-electron chi connectivity index (χ3n) is 4.11. The van der Waals surface area contributed by atoms with Crippen LogP contribution in [0.2, 0.25) is 0 Å². The zero-order valence-corrected chi connectivity index (χ0v) is 16.4. The molecular formula is C21H23N3O5. The van der Waals surface area contributed by atoms with Crippen molar-refractivity contribution in [3.05, 3.63) is 54.4 Å². The Morgan fingerprint density at radius 2 is 1.79 bits per heavy atom. The van der Waals surface area contributed by atoms with Crippen molar-refractivity contribution in [2.75, 3.05) is 27.4 Å². The van der Waals surface area contributed by atoms with Gasteiger partial charge in [0.1, 0.15) is 23.9 Å². The standard InChI is InChI=1S/C21H23N3O5/c1-26-16-6-8-17(9-7-16)28-13-12-22-19(25)10-11-20-23-21(24-29-20)15-4-3-5-18(14-15)27-2/h3-9,14H,10-13H2,1-2H3,(H,22,25). The minimum atomic E-state index is -0.107. The molecule has 0 aliphatic carbocycles. The summed E-state index contributed by atoms with van der Waals surface area (Å²) in [6.45, 7) is 0.780. The van der Waals surface area contributed by atoms with Crippen molar-refractivity contribution in [2.24, 2.45) is 0 Å². The van der Waals surface area contributed by atoms with E-state index in [-0.39, 0.29) is 12.3 Å². The number of amides is 1. The molecule has 1 N–H and O–H groups in total. The van der Waals surface area contributed by atoms with Gasteiger partial charge in [0.15, 0.2) is 0 Å². The van der Waals surface area contributed by atoms with Gasteiger partial charge in [-0.2, -0.15) is 4.98 Å². The van der Waals surface area contributed by atoms with E-state index in [4.69, 9.17) is 18.7 Å². The van der Waals surface area contributed by atoms with E-state index >= 15 is 0 Å². The number of carbonyl (C=O) groups is 1. The normalized spacial score (nSPS) is 10.4. The van der Waals surface area contributed by atoms with Crippen LogP contribution in [-0.4, -0.2) is 43.4 Å². The maximum absolute atomic E-state index is 12.0. The Labute approximate surface area is 168 Å². The minimum Gasteiger partial charge on any atom is -0.497 e. The Hall–Kier alpha value is -3.55. The first-order chi connectivity index (χ1) is 14.2. The molecule has 0 aliphatic heterocycles. The summed E-state index contributed by atoms with van der Waals surface area (Å²) in [5, 5.41) is 6.76. The van der Waals surface area contributed by atoms with E-state index in [9.17, 15) is 4.79 Å². The number of benzene rings is 2. The molecule has 0 bridgehead atoms. The largest absolute Gasteiger partial charge is 0.497 e. The van der Waals surface area contributed by atoms with Crippen LogP contribution in [0.1, 0.15) is 12.3 Å². The van der Waals surface area contributed by atoms with Crippen molar-refractivity contribution < 1.29 is 23.5 Å². The van der Waals surface area contributed by atoms with Crippen LogP contribution in [0.25, 0.3) is 11.4 Å². The lowest BCUT2D eigenvalue weighted by molar-refractivity contribution is -0.121. The van der Waals surface area contributed by atoms with Crippen molar-refractivity contribution in [3.63, 3.8) is 0 Å². The lowest BCUT2D eigenvalue weighted by atomic mass is 10.2. The first-order valence-corrected chi connectivity index (χ1v) is 9.18. The van der Waals surface area contributed by atoms with Gasteiger partial charge >= 0.3 is 0 Å². The van der Waals surface area contributed by atoms with Crippen LogP contribution in [0, 0.1) is 0 Å². The molecule has 0 spiro atoms. The quantitative estimate of drug-likeness (QED) is 0.526. The summed E-state index contributed by atoms with van der Waals surface area (Å²) in [5.74, 6) is 2.96. The van der Waals surface area contributed by atoms with Crippen molar-refractivity contribution in [2.45, 2.75) is 12.8 Å². The summed E-state index contributed by atoms with van der Waals surface area (Å²) in [7, 11) is 3.21. The Balaban J connectivity index is 1.38. The zero-order chi connectivity index (χ0) is 20.5. The van der Waals surface area contributed by atoms with Crippen LogP contribution in [0.15, 0.2) is 53.1 Å². The summed E-state index contributed by atoms with van der Waals surface area (Å²) in [6.07, 6.45) is 0.615. The maximum Gasteiger partial charge on any atom is 0.227 e. The smallest absolute Gasteiger partial charge is 0.227 e. The molecule has 8 heteroatoms.